The van der Waals surface area contributed by atoms with Crippen LogP contribution in [-0.2, 0) is 5.92 Å². The maximum Gasteiger partial charge on any atom is 0.307 e. The van der Waals surface area contributed by atoms with E-state index in [-0.39, 0.29) is 11.2 Å². The molecule has 0 radical (unpaired) electrons. The van der Waals surface area contributed by atoms with E-state index in [4.69, 9.17) is 0 Å². The van der Waals surface area contributed by atoms with Crippen molar-refractivity contribution in [2.75, 3.05) is 0 Å². The highest BCUT2D eigenvalue weighted by atomic mass is 127. The number of alkyl halides is 2. The maximum absolute atomic E-state index is 13.4. The van der Waals surface area contributed by atoms with Gasteiger partial charge >= 0.3 is 5.92 Å². The molecule has 0 saturated carbocycles. The minimum atomic E-state index is -3.15. The van der Waals surface area contributed by atoms with Crippen LogP contribution in [0.15, 0.2) is 12.3 Å². The number of pyridine rings is 1. The largest absolute Gasteiger partial charge is 0.426 e. The maximum atomic E-state index is 13.4. The van der Waals surface area contributed by atoms with E-state index in [1.165, 1.54) is 13.1 Å². The van der Waals surface area contributed by atoms with Crippen molar-refractivity contribution in [2.24, 2.45) is 0 Å². The fourth-order valence-electron chi connectivity index (χ4n) is 1.32. The summed E-state index contributed by atoms with van der Waals surface area (Å²) in [5.74, 6) is -3.82. The van der Waals surface area contributed by atoms with Gasteiger partial charge in [0.2, 0.25) is 5.82 Å². The standard InChI is InChI=1S/C9H8F2IN3O/c1-2-9(10,11)8-14-7-6(15(8)16)3-5(12)4-13-7/h3-4,16H,2H2,1H3. The van der Waals surface area contributed by atoms with E-state index in [2.05, 4.69) is 9.97 Å². The summed E-state index contributed by atoms with van der Waals surface area (Å²) < 4.78 is 28.0. The van der Waals surface area contributed by atoms with Crippen molar-refractivity contribution in [1.29, 1.82) is 0 Å². The number of fused-ring (bicyclic) bond motifs is 1. The minimum absolute atomic E-state index is 0.117. The van der Waals surface area contributed by atoms with Gasteiger partial charge in [-0.15, -0.1) is 0 Å². The summed E-state index contributed by atoms with van der Waals surface area (Å²) in [6.07, 6.45) is 1.08. The van der Waals surface area contributed by atoms with E-state index < -0.39 is 18.2 Å². The third-order valence-electron chi connectivity index (χ3n) is 2.23. The van der Waals surface area contributed by atoms with Crippen LogP contribution in [0.5, 0.6) is 0 Å². The van der Waals surface area contributed by atoms with Crippen LogP contribution in [0.4, 0.5) is 8.78 Å². The molecule has 0 bridgehead atoms. The van der Waals surface area contributed by atoms with Gasteiger partial charge in [0.1, 0.15) is 5.52 Å². The molecule has 86 valence electrons. The van der Waals surface area contributed by atoms with E-state index in [0.29, 0.717) is 4.73 Å². The average Bonchev–Trinajstić information content (AvgIpc) is 2.57. The molecule has 0 aromatic carbocycles. The van der Waals surface area contributed by atoms with Gasteiger partial charge in [-0.25, -0.2) is 9.97 Å². The molecular formula is C9H8F2IN3O. The van der Waals surface area contributed by atoms with Crippen molar-refractivity contribution in [3.8, 4) is 0 Å². The number of halogens is 3. The number of rotatable bonds is 2. The summed E-state index contributed by atoms with van der Waals surface area (Å²) in [6, 6.07) is 1.55. The SMILES string of the molecule is CCC(F)(F)c1nc2ncc(I)cc2n1O. The molecule has 0 aliphatic rings. The molecule has 0 unspecified atom stereocenters. The molecule has 0 atom stereocenters. The second-order valence-corrected chi connectivity index (χ2v) is 4.55. The second-order valence-electron chi connectivity index (χ2n) is 3.30. The highest BCUT2D eigenvalue weighted by Gasteiger charge is 2.36. The summed E-state index contributed by atoms with van der Waals surface area (Å²) in [5.41, 5.74) is 0.307. The summed E-state index contributed by atoms with van der Waals surface area (Å²) in [4.78, 5) is 7.52. The van der Waals surface area contributed by atoms with Crippen LogP contribution in [0.3, 0.4) is 0 Å². The lowest BCUT2D eigenvalue weighted by Crippen LogP contribution is -2.17. The molecule has 2 aromatic heterocycles. The van der Waals surface area contributed by atoms with Gasteiger partial charge in [0.05, 0.1) is 0 Å². The topological polar surface area (TPSA) is 50.9 Å². The molecule has 0 spiro atoms. The predicted molar refractivity (Wildman–Crippen MR) is 61.6 cm³/mol. The summed E-state index contributed by atoms with van der Waals surface area (Å²) in [6.45, 7) is 1.33. The second kappa shape index (κ2) is 3.79. The lowest BCUT2D eigenvalue weighted by atomic mass is 10.2. The number of aromatic nitrogens is 3. The summed E-state index contributed by atoms with van der Waals surface area (Å²) >= 11 is 1.98. The third kappa shape index (κ3) is 1.72. The van der Waals surface area contributed by atoms with Crippen LogP contribution in [0, 0.1) is 3.57 Å². The van der Waals surface area contributed by atoms with Gasteiger partial charge in [0.15, 0.2) is 5.65 Å². The van der Waals surface area contributed by atoms with Crippen LogP contribution in [0.1, 0.15) is 19.2 Å². The molecule has 7 heteroatoms. The molecule has 0 fully saturated rings. The van der Waals surface area contributed by atoms with E-state index in [9.17, 15) is 14.0 Å². The third-order valence-corrected chi connectivity index (χ3v) is 2.82. The zero-order valence-electron chi connectivity index (χ0n) is 8.28. The van der Waals surface area contributed by atoms with Gasteiger partial charge in [0.25, 0.3) is 0 Å². The van der Waals surface area contributed by atoms with E-state index >= 15 is 0 Å². The van der Waals surface area contributed by atoms with Crippen LogP contribution in [-0.4, -0.2) is 19.9 Å². The molecule has 2 heterocycles. The molecular weight excluding hydrogens is 331 g/mol. The zero-order chi connectivity index (χ0) is 11.9. The molecule has 0 saturated heterocycles. The highest BCUT2D eigenvalue weighted by molar-refractivity contribution is 14.1. The quantitative estimate of drug-likeness (QED) is 0.676. The van der Waals surface area contributed by atoms with E-state index in [1.54, 1.807) is 6.07 Å². The molecule has 2 aromatic rings. The van der Waals surface area contributed by atoms with Gasteiger partial charge in [-0.05, 0) is 28.7 Å². The Hall–Kier alpha value is -0.990. The number of hydrogen-bond acceptors (Lipinski definition) is 3. The van der Waals surface area contributed by atoms with E-state index in [0.717, 1.165) is 3.57 Å². The Kier molecular flexibility index (Phi) is 2.72. The molecule has 0 aliphatic heterocycles. The first-order valence-corrected chi connectivity index (χ1v) is 5.65. The number of imidazole rings is 1. The van der Waals surface area contributed by atoms with E-state index in [1.807, 2.05) is 22.6 Å². The molecule has 2 rings (SSSR count). The lowest BCUT2D eigenvalue weighted by molar-refractivity contribution is -0.0347. The molecule has 1 N–H and O–H groups in total. The van der Waals surface area contributed by atoms with Crippen LogP contribution in [0.25, 0.3) is 11.2 Å². The van der Waals surface area contributed by atoms with Gasteiger partial charge in [-0.3, -0.25) is 0 Å². The number of nitrogens with zero attached hydrogens (tertiary/aromatic N) is 3. The highest BCUT2D eigenvalue weighted by Crippen LogP contribution is 2.31. The normalized spacial score (nSPS) is 12.2. The Morgan fingerprint density at radius 2 is 2.25 bits per heavy atom. The van der Waals surface area contributed by atoms with Gasteiger partial charge < -0.3 is 5.21 Å². The summed E-state index contributed by atoms with van der Waals surface area (Å²) in [7, 11) is 0. The smallest absolute Gasteiger partial charge is 0.307 e. The van der Waals surface area contributed by atoms with Crippen LogP contribution < -0.4 is 0 Å². The first-order chi connectivity index (χ1) is 7.45. The number of hydrogen-bond donors (Lipinski definition) is 1. The van der Waals surface area contributed by atoms with Crippen molar-refractivity contribution >= 4 is 33.8 Å². The molecule has 4 nitrogen and oxygen atoms in total. The lowest BCUT2D eigenvalue weighted by Gasteiger charge is -2.11. The van der Waals surface area contributed by atoms with Gasteiger partial charge in [-0.2, -0.15) is 13.5 Å². The van der Waals surface area contributed by atoms with Gasteiger partial charge in [-0.1, -0.05) is 6.92 Å². The fourth-order valence-corrected chi connectivity index (χ4v) is 1.75. The minimum Gasteiger partial charge on any atom is -0.426 e. The Bertz CT molecular complexity index is 541. The zero-order valence-corrected chi connectivity index (χ0v) is 10.4. The Labute approximate surface area is 103 Å². The molecule has 16 heavy (non-hydrogen) atoms. The van der Waals surface area contributed by atoms with Crippen molar-refractivity contribution in [2.45, 2.75) is 19.3 Å². The Morgan fingerprint density at radius 1 is 1.56 bits per heavy atom. The van der Waals surface area contributed by atoms with Crippen molar-refractivity contribution in [3.63, 3.8) is 0 Å². The van der Waals surface area contributed by atoms with Crippen molar-refractivity contribution in [1.82, 2.24) is 14.7 Å². The van der Waals surface area contributed by atoms with Crippen LogP contribution >= 0.6 is 22.6 Å². The predicted octanol–water partition coefficient (Wildman–Crippen LogP) is 2.78. The molecule has 0 amide bonds. The average molecular weight is 339 g/mol. The summed E-state index contributed by atoms with van der Waals surface area (Å²) in [5, 5.41) is 9.61. The Morgan fingerprint density at radius 3 is 2.88 bits per heavy atom. The first kappa shape index (κ1) is 11.5. The Balaban J connectivity index is 2.70. The van der Waals surface area contributed by atoms with Gasteiger partial charge in [0, 0.05) is 16.2 Å². The molecule has 0 aliphatic carbocycles. The van der Waals surface area contributed by atoms with Crippen molar-refractivity contribution in [3.05, 3.63) is 21.7 Å². The van der Waals surface area contributed by atoms with Crippen molar-refractivity contribution < 1.29 is 14.0 Å². The van der Waals surface area contributed by atoms with Crippen LogP contribution in [0.2, 0.25) is 0 Å². The fraction of sp³-hybridized carbons (Fsp3) is 0.333. The monoisotopic (exact) mass is 339 g/mol. The first-order valence-electron chi connectivity index (χ1n) is 4.57.